The Hall–Kier alpha value is -4.36. The third-order valence-corrected chi connectivity index (χ3v) is 9.09. The van der Waals surface area contributed by atoms with Gasteiger partial charge in [-0.2, -0.15) is 9.97 Å². The predicted octanol–water partition coefficient (Wildman–Crippen LogP) is 4.68. The van der Waals surface area contributed by atoms with E-state index in [9.17, 15) is 13.6 Å². The minimum Gasteiger partial charge on any atom is -0.474 e. The number of morpholine rings is 2. The van der Waals surface area contributed by atoms with E-state index in [1.807, 2.05) is 4.90 Å². The largest absolute Gasteiger partial charge is 0.474 e. The average Bonchev–Trinajstić information content (AvgIpc) is 3.52. The molecule has 1 aliphatic carbocycles. The molecule has 3 aliphatic rings. The Labute approximate surface area is 271 Å². The van der Waals surface area contributed by atoms with Gasteiger partial charge in [0.1, 0.15) is 11.9 Å². The maximum Gasteiger partial charge on any atom is 0.296 e. The van der Waals surface area contributed by atoms with Crippen molar-refractivity contribution < 1.29 is 27.8 Å². The molecule has 248 valence electrons. The van der Waals surface area contributed by atoms with E-state index in [0.29, 0.717) is 81.4 Å². The van der Waals surface area contributed by atoms with Crippen molar-refractivity contribution in [2.24, 2.45) is 5.92 Å². The Kier molecular flexibility index (Phi) is 9.43. The van der Waals surface area contributed by atoms with Gasteiger partial charge >= 0.3 is 0 Å². The molecule has 0 radical (unpaired) electrons. The summed E-state index contributed by atoms with van der Waals surface area (Å²) in [5, 5.41) is 3.11. The number of alkyl halides is 2. The molecule has 3 fully saturated rings. The number of hydrogen-bond donors (Lipinski definition) is 1. The van der Waals surface area contributed by atoms with Gasteiger partial charge in [-0.15, -0.1) is 0 Å². The molecule has 0 unspecified atom stereocenters. The topological polar surface area (TPSA) is 107 Å². The second-order valence-electron chi connectivity index (χ2n) is 12.1. The summed E-state index contributed by atoms with van der Waals surface area (Å²) >= 11 is 0. The average molecular weight is 648 g/mol. The van der Waals surface area contributed by atoms with Crippen molar-refractivity contribution >= 4 is 28.6 Å². The zero-order valence-electron chi connectivity index (χ0n) is 26.2. The second kappa shape index (κ2) is 14.2. The highest BCUT2D eigenvalue weighted by Crippen LogP contribution is 2.32. The SMILES string of the molecule is O=C(NCc1ccc(N2CCOCC2)cc1)C1CCC(Oc2cc(-n3c(C(F)F)nc4ccccc43)nc(N3CCOCC3)n2)CC1. The molecule has 2 aromatic carbocycles. The number of amides is 1. The van der Waals surface area contributed by atoms with E-state index >= 15 is 0 Å². The lowest BCUT2D eigenvalue weighted by molar-refractivity contribution is -0.126. The van der Waals surface area contributed by atoms with Crippen LogP contribution in [-0.4, -0.2) is 84.1 Å². The van der Waals surface area contributed by atoms with Gasteiger partial charge in [0.05, 0.1) is 37.5 Å². The molecule has 2 aliphatic heterocycles. The van der Waals surface area contributed by atoms with Crippen molar-refractivity contribution in [3.05, 3.63) is 66.0 Å². The number of nitrogens with one attached hydrogen (secondary N) is 1. The van der Waals surface area contributed by atoms with Crippen molar-refractivity contribution in [1.29, 1.82) is 0 Å². The van der Waals surface area contributed by atoms with Crippen LogP contribution in [0, 0.1) is 5.92 Å². The minimum absolute atomic E-state index is 0.0474. The number of hydrogen-bond acceptors (Lipinski definition) is 9. The molecular weight excluding hydrogens is 608 g/mol. The Bertz CT molecular complexity index is 1670. The van der Waals surface area contributed by atoms with Crippen LogP contribution in [0.2, 0.25) is 0 Å². The van der Waals surface area contributed by atoms with E-state index < -0.39 is 6.43 Å². The normalized spacial score (nSPS) is 20.5. The first-order chi connectivity index (χ1) is 23.0. The van der Waals surface area contributed by atoms with E-state index in [-0.39, 0.29) is 29.6 Å². The fraction of sp³-hybridized carbons (Fsp3) is 0.471. The molecule has 2 saturated heterocycles. The number of benzene rings is 2. The number of imidazole rings is 1. The highest BCUT2D eigenvalue weighted by atomic mass is 19.3. The summed E-state index contributed by atoms with van der Waals surface area (Å²) in [6.07, 6.45) is -0.250. The Morgan fingerprint density at radius 1 is 0.872 bits per heavy atom. The first kappa shape index (κ1) is 31.3. The number of nitrogens with zero attached hydrogens (tertiary/aromatic N) is 6. The van der Waals surface area contributed by atoms with Gasteiger partial charge in [-0.25, -0.2) is 13.8 Å². The van der Waals surface area contributed by atoms with Gasteiger partial charge in [0.15, 0.2) is 5.82 Å². The predicted molar refractivity (Wildman–Crippen MR) is 172 cm³/mol. The highest BCUT2D eigenvalue weighted by molar-refractivity contribution is 5.79. The van der Waals surface area contributed by atoms with Gasteiger partial charge in [-0.3, -0.25) is 9.36 Å². The molecule has 4 heterocycles. The van der Waals surface area contributed by atoms with Gasteiger partial charge in [-0.05, 0) is 55.5 Å². The van der Waals surface area contributed by atoms with Crippen molar-refractivity contribution in [2.45, 2.75) is 44.8 Å². The zero-order valence-corrected chi connectivity index (χ0v) is 26.2. The molecule has 2 aromatic heterocycles. The third kappa shape index (κ3) is 7.15. The molecule has 0 bridgehead atoms. The Morgan fingerprint density at radius 3 is 2.26 bits per heavy atom. The standard InChI is InChI=1S/C34H39F2N7O4/c35-31(36)32-38-27-3-1-2-4-28(27)43(32)29-21-30(40-34(39-29)42-15-19-46-20-16-42)47-26-11-7-24(8-12-26)33(44)37-22-23-5-9-25(10-6-23)41-13-17-45-18-14-41/h1-6,9-10,21,24,26,31H,7-8,11-20,22H2,(H,37,44). The zero-order chi connectivity index (χ0) is 32.2. The molecule has 1 N–H and O–H groups in total. The number of para-hydroxylation sites is 2. The van der Waals surface area contributed by atoms with Crippen molar-refractivity contribution in [2.75, 3.05) is 62.4 Å². The van der Waals surface area contributed by atoms with E-state index in [4.69, 9.17) is 24.2 Å². The molecule has 4 aromatic rings. The van der Waals surface area contributed by atoms with Crippen LogP contribution in [0.1, 0.15) is 43.5 Å². The Morgan fingerprint density at radius 2 is 1.55 bits per heavy atom. The maximum absolute atomic E-state index is 14.2. The van der Waals surface area contributed by atoms with Gasteiger partial charge in [0, 0.05) is 50.4 Å². The summed E-state index contributed by atoms with van der Waals surface area (Å²) < 4.78 is 47.1. The van der Waals surface area contributed by atoms with Gasteiger partial charge in [-0.1, -0.05) is 24.3 Å². The van der Waals surface area contributed by atoms with Crippen LogP contribution < -0.4 is 19.9 Å². The van der Waals surface area contributed by atoms with Crippen LogP contribution in [0.4, 0.5) is 20.4 Å². The van der Waals surface area contributed by atoms with Crippen LogP contribution in [0.15, 0.2) is 54.6 Å². The monoisotopic (exact) mass is 647 g/mol. The van der Waals surface area contributed by atoms with Gasteiger partial charge < -0.3 is 29.3 Å². The summed E-state index contributed by atoms with van der Waals surface area (Å²) in [5.74, 6) is 0.534. The fourth-order valence-electron chi connectivity index (χ4n) is 6.51. The van der Waals surface area contributed by atoms with Crippen LogP contribution >= 0.6 is 0 Å². The summed E-state index contributed by atoms with van der Waals surface area (Å²) in [5.41, 5.74) is 3.21. The molecular formula is C34H39F2N7O4. The summed E-state index contributed by atoms with van der Waals surface area (Å²) in [4.78, 5) is 30.9. The lowest BCUT2D eigenvalue weighted by atomic mass is 9.86. The van der Waals surface area contributed by atoms with Gasteiger partial charge in [0.25, 0.3) is 6.43 Å². The highest BCUT2D eigenvalue weighted by Gasteiger charge is 2.29. The van der Waals surface area contributed by atoms with Crippen LogP contribution in [0.25, 0.3) is 16.9 Å². The Balaban J connectivity index is 1.01. The smallest absolute Gasteiger partial charge is 0.296 e. The van der Waals surface area contributed by atoms with E-state index in [0.717, 1.165) is 31.9 Å². The lowest BCUT2D eigenvalue weighted by Gasteiger charge is -2.30. The number of carbonyl (C=O) groups excluding carboxylic acids is 1. The molecule has 0 atom stereocenters. The van der Waals surface area contributed by atoms with Crippen LogP contribution in [0.5, 0.6) is 5.88 Å². The molecule has 7 rings (SSSR count). The fourth-order valence-corrected chi connectivity index (χ4v) is 6.51. The summed E-state index contributed by atoms with van der Waals surface area (Å²) in [6, 6.07) is 16.9. The maximum atomic E-state index is 14.2. The van der Waals surface area contributed by atoms with Crippen LogP contribution in [0.3, 0.4) is 0 Å². The summed E-state index contributed by atoms with van der Waals surface area (Å²) in [6.45, 7) is 5.93. The third-order valence-electron chi connectivity index (χ3n) is 9.09. The number of fused-ring (bicyclic) bond motifs is 1. The first-order valence-electron chi connectivity index (χ1n) is 16.4. The summed E-state index contributed by atoms with van der Waals surface area (Å²) in [7, 11) is 0. The number of aromatic nitrogens is 4. The lowest BCUT2D eigenvalue weighted by Crippen LogP contribution is -2.37. The number of halogens is 2. The first-order valence-corrected chi connectivity index (χ1v) is 16.4. The number of anilines is 2. The minimum atomic E-state index is -2.80. The molecule has 11 nitrogen and oxygen atoms in total. The van der Waals surface area contributed by atoms with Gasteiger partial charge in [0.2, 0.25) is 17.7 Å². The number of rotatable bonds is 9. The number of ether oxygens (including phenoxy) is 3. The van der Waals surface area contributed by atoms with Crippen molar-refractivity contribution in [1.82, 2.24) is 24.8 Å². The van der Waals surface area contributed by atoms with E-state index in [1.54, 1.807) is 30.3 Å². The second-order valence-corrected chi connectivity index (χ2v) is 12.1. The molecule has 1 saturated carbocycles. The van der Waals surface area contributed by atoms with Crippen molar-refractivity contribution in [3.8, 4) is 11.7 Å². The molecule has 0 spiro atoms. The number of carbonyl (C=O) groups is 1. The molecule has 1 amide bonds. The molecule has 47 heavy (non-hydrogen) atoms. The molecule has 13 heteroatoms. The van der Waals surface area contributed by atoms with Crippen LogP contribution in [-0.2, 0) is 20.8 Å². The van der Waals surface area contributed by atoms with E-state index in [1.165, 1.54) is 10.3 Å². The van der Waals surface area contributed by atoms with Crippen molar-refractivity contribution in [3.63, 3.8) is 0 Å². The quantitative estimate of drug-likeness (QED) is 0.277. The van der Waals surface area contributed by atoms with E-state index in [2.05, 4.69) is 39.5 Å².